The second-order valence-electron chi connectivity index (χ2n) is 6.62. The molecule has 3 aromatic rings. The minimum absolute atomic E-state index is 0.103. The number of anilines is 1. The van der Waals surface area contributed by atoms with Gasteiger partial charge >= 0.3 is 11.8 Å². The average molecular weight is 484 g/mol. The number of hydrazone groups is 1. The Labute approximate surface area is 187 Å². The largest absolute Gasteiger partial charge is 0.489 e. The topological polar surface area (TPSA) is 79.8 Å². The molecule has 0 unspecified atom stereocenters. The number of aryl methyl sites for hydroxylation is 1. The van der Waals surface area contributed by atoms with Crippen LogP contribution in [0.25, 0.3) is 0 Å². The van der Waals surface area contributed by atoms with Gasteiger partial charge in [-0.15, -0.1) is 0 Å². The predicted octanol–water partition coefficient (Wildman–Crippen LogP) is 4.56. The van der Waals surface area contributed by atoms with E-state index in [1.807, 2.05) is 31.2 Å². The van der Waals surface area contributed by atoms with Crippen molar-refractivity contribution < 1.29 is 18.7 Å². The van der Waals surface area contributed by atoms with E-state index in [1.165, 1.54) is 23.9 Å². The van der Waals surface area contributed by atoms with Gasteiger partial charge in [-0.2, -0.15) is 5.10 Å². The molecule has 0 aliphatic rings. The lowest BCUT2D eigenvalue weighted by molar-refractivity contribution is -0.136. The van der Waals surface area contributed by atoms with Crippen LogP contribution in [-0.4, -0.2) is 18.0 Å². The van der Waals surface area contributed by atoms with Crippen molar-refractivity contribution in [2.75, 3.05) is 5.32 Å². The molecule has 0 heterocycles. The Bertz CT molecular complexity index is 1100. The fourth-order valence-corrected chi connectivity index (χ4v) is 2.82. The van der Waals surface area contributed by atoms with Crippen LogP contribution in [0.15, 0.2) is 76.3 Å². The number of ether oxygens (including phenoxy) is 1. The number of halogens is 2. The first kappa shape index (κ1) is 22.2. The maximum absolute atomic E-state index is 13.7. The molecule has 0 spiro atoms. The summed E-state index contributed by atoms with van der Waals surface area (Å²) in [4.78, 5) is 23.7. The second kappa shape index (κ2) is 10.5. The summed E-state index contributed by atoms with van der Waals surface area (Å²) < 4.78 is 20.0. The zero-order valence-corrected chi connectivity index (χ0v) is 18.1. The fraction of sp³-hybridized carbons (Fsp3) is 0.0870. The van der Waals surface area contributed by atoms with E-state index in [4.69, 9.17) is 4.74 Å². The van der Waals surface area contributed by atoms with Crippen molar-refractivity contribution in [2.24, 2.45) is 5.10 Å². The number of benzene rings is 3. The van der Waals surface area contributed by atoms with Crippen molar-refractivity contribution >= 4 is 39.6 Å². The number of hydrogen-bond acceptors (Lipinski definition) is 4. The highest BCUT2D eigenvalue weighted by Crippen LogP contribution is 2.19. The van der Waals surface area contributed by atoms with Gasteiger partial charge in [0.05, 0.1) is 11.9 Å². The molecular weight excluding hydrogens is 465 g/mol. The van der Waals surface area contributed by atoms with E-state index in [2.05, 4.69) is 31.8 Å². The summed E-state index contributed by atoms with van der Waals surface area (Å²) in [7, 11) is 0. The molecule has 0 saturated carbocycles. The Hall–Kier alpha value is -3.52. The third-order valence-corrected chi connectivity index (χ3v) is 4.66. The highest BCUT2D eigenvalue weighted by molar-refractivity contribution is 9.10. The molecule has 0 aliphatic carbocycles. The van der Waals surface area contributed by atoms with E-state index >= 15 is 0 Å². The Morgan fingerprint density at radius 3 is 2.42 bits per heavy atom. The van der Waals surface area contributed by atoms with E-state index < -0.39 is 17.6 Å². The maximum atomic E-state index is 13.7. The van der Waals surface area contributed by atoms with E-state index in [1.54, 1.807) is 30.3 Å². The molecule has 0 saturated heterocycles. The van der Waals surface area contributed by atoms with E-state index in [-0.39, 0.29) is 5.69 Å². The van der Waals surface area contributed by atoms with Crippen LogP contribution in [0.5, 0.6) is 5.75 Å². The highest BCUT2D eigenvalue weighted by atomic mass is 79.9. The summed E-state index contributed by atoms with van der Waals surface area (Å²) in [5, 5.41) is 5.93. The third-order valence-electron chi connectivity index (χ3n) is 4.17. The second-order valence-corrected chi connectivity index (χ2v) is 7.54. The first-order valence-corrected chi connectivity index (χ1v) is 10.1. The Kier molecular flexibility index (Phi) is 7.50. The van der Waals surface area contributed by atoms with Gasteiger partial charge in [-0.05, 0) is 60.5 Å². The lowest BCUT2D eigenvalue weighted by atomic mass is 10.2. The van der Waals surface area contributed by atoms with Crippen LogP contribution in [0.2, 0.25) is 0 Å². The zero-order chi connectivity index (χ0) is 22.2. The van der Waals surface area contributed by atoms with E-state index in [9.17, 15) is 14.0 Å². The summed E-state index contributed by atoms with van der Waals surface area (Å²) >= 11 is 3.11. The zero-order valence-electron chi connectivity index (χ0n) is 16.6. The van der Waals surface area contributed by atoms with E-state index in [0.29, 0.717) is 22.4 Å². The quantitative estimate of drug-likeness (QED) is 0.306. The average Bonchev–Trinajstić information content (AvgIpc) is 2.76. The van der Waals surface area contributed by atoms with Crippen molar-refractivity contribution in [3.63, 3.8) is 0 Å². The Morgan fingerprint density at radius 2 is 1.74 bits per heavy atom. The van der Waals surface area contributed by atoms with Gasteiger partial charge in [0.2, 0.25) is 0 Å². The summed E-state index contributed by atoms with van der Waals surface area (Å²) in [5.74, 6) is -2.02. The van der Waals surface area contributed by atoms with Gasteiger partial charge in [-0.25, -0.2) is 9.82 Å². The minimum Gasteiger partial charge on any atom is -0.489 e. The molecule has 158 valence electrons. The van der Waals surface area contributed by atoms with Crippen LogP contribution in [0.4, 0.5) is 10.1 Å². The molecule has 0 aliphatic heterocycles. The number of hydrogen-bond donors (Lipinski definition) is 2. The smallest absolute Gasteiger partial charge is 0.329 e. The molecule has 0 atom stereocenters. The highest BCUT2D eigenvalue weighted by Gasteiger charge is 2.15. The van der Waals surface area contributed by atoms with Crippen molar-refractivity contribution in [2.45, 2.75) is 13.5 Å². The van der Waals surface area contributed by atoms with Crippen LogP contribution < -0.4 is 15.5 Å². The molecule has 0 bridgehead atoms. The van der Waals surface area contributed by atoms with Gasteiger partial charge in [0.1, 0.15) is 18.2 Å². The number of nitrogens with zero attached hydrogens (tertiary/aromatic N) is 1. The van der Waals surface area contributed by atoms with Gasteiger partial charge in [0.25, 0.3) is 0 Å². The standard InChI is InChI=1S/C23H19BrFN3O3/c1-15-2-4-17(5-3-15)14-31-19-9-6-16(7-10-19)13-26-28-23(30)22(29)27-21-11-8-18(24)12-20(21)25/h2-13H,14H2,1H3,(H,27,29)(H,28,30). The third kappa shape index (κ3) is 6.75. The summed E-state index contributed by atoms with van der Waals surface area (Å²) in [6.45, 7) is 2.49. The van der Waals surface area contributed by atoms with Crippen LogP contribution in [0.1, 0.15) is 16.7 Å². The SMILES string of the molecule is Cc1ccc(COc2ccc(C=NNC(=O)C(=O)Nc3ccc(Br)cc3F)cc2)cc1. The fourth-order valence-electron chi connectivity index (χ4n) is 2.49. The Morgan fingerprint density at radius 1 is 1.03 bits per heavy atom. The minimum atomic E-state index is -1.03. The lowest BCUT2D eigenvalue weighted by Crippen LogP contribution is -2.32. The maximum Gasteiger partial charge on any atom is 0.329 e. The van der Waals surface area contributed by atoms with Crippen LogP contribution >= 0.6 is 15.9 Å². The summed E-state index contributed by atoms with van der Waals surface area (Å²) in [5.41, 5.74) is 4.96. The predicted molar refractivity (Wildman–Crippen MR) is 120 cm³/mol. The van der Waals surface area contributed by atoms with Crippen LogP contribution in [0.3, 0.4) is 0 Å². The lowest BCUT2D eigenvalue weighted by Gasteiger charge is -2.07. The van der Waals surface area contributed by atoms with Gasteiger partial charge in [0.15, 0.2) is 0 Å². The molecule has 0 aromatic heterocycles. The van der Waals surface area contributed by atoms with Crippen molar-refractivity contribution in [1.82, 2.24) is 5.43 Å². The van der Waals surface area contributed by atoms with Crippen molar-refractivity contribution in [1.29, 1.82) is 0 Å². The number of nitrogens with one attached hydrogen (secondary N) is 2. The van der Waals surface area contributed by atoms with Crippen LogP contribution in [-0.2, 0) is 16.2 Å². The molecule has 3 aromatic carbocycles. The molecule has 31 heavy (non-hydrogen) atoms. The number of carbonyl (C=O) groups excluding carboxylic acids is 2. The van der Waals surface area contributed by atoms with Gasteiger partial charge < -0.3 is 10.1 Å². The van der Waals surface area contributed by atoms with Crippen LogP contribution in [0, 0.1) is 12.7 Å². The molecule has 0 radical (unpaired) electrons. The number of amides is 2. The van der Waals surface area contributed by atoms with E-state index in [0.717, 1.165) is 5.56 Å². The number of rotatable bonds is 6. The van der Waals surface area contributed by atoms with Gasteiger partial charge in [-0.1, -0.05) is 45.8 Å². The molecule has 6 nitrogen and oxygen atoms in total. The monoisotopic (exact) mass is 483 g/mol. The van der Waals surface area contributed by atoms with Gasteiger partial charge in [0, 0.05) is 4.47 Å². The first-order chi connectivity index (χ1) is 14.9. The molecule has 3 rings (SSSR count). The molecule has 2 amide bonds. The molecule has 8 heteroatoms. The summed E-state index contributed by atoms with van der Waals surface area (Å²) in [6.07, 6.45) is 1.38. The molecular formula is C23H19BrFN3O3. The Balaban J connectivity index is 1.48. The van der Waals surface area contributed by atoms with Crippen molar-refractivity contribution in [3.8, 4) is 5.75 Å². The van der Waals surface area contributed by atoms with Gasteiger partial charge in [-0.3, -0.25) is 9.59 Å². The summed E-state index contributed by atoms with van der Waals surface area (Å²) in [6, 6.07) is 19.2. The normalized spacial score (nSPS) is 10.7. The molecule has 2 N–H and O–H groups in total. The van der Waals surface area contributed by atoms with Crippen molar-refractivity contribution in [3.05, 3.63) is 93.7 Å². The molecule has 0 fully saturated rings. The first-order valence-electron chi connectivity index (χ1n) is 9.28. The number of carbonyl (C=O) groups is 2.